The van der Waals surface area contributed by atoms with Gasteiger partial charge >= 0.3 is 0 Å². The van der Waals surface area contributed by atoms with E-state index in [0.717, 1.165) is 9.79 Å². The lowest BCUT2D eigenvalue weighted by Gasteiger charge is -2.08. The number of nitrogen functional groups attached to an aromatic ring is 2. The van der Waals surface area contributed by atoms with Gasteiger partial charge in [-0.1, -0.05) is 58.2 Å². The number of rotatable bonds is 2. The molecule has 0 aliphatic carbocycles. The molecule has 0 spiro atoms. The van der Waals surface area contributed by atoms with E-state index in [-0.39, 0.29) is 0 Å². The van der Waals surface area contributed by atoms with E-state index in [9.17, 15) is 0 Å². The number of halogens is 4. The van der Waals surface area contributed by atoms with Crippen molar-refractivity contribution in [3.63, 3.8) is 0 Å². The van der Waals surface area contributed by atoms with Crippen molar-refractivity contribution >= 4 is 69.5 Å². The van der Waals surface area contributed by atoms with E-state index >= 15 is 0 Å². The fraction of sp³-hybridized carbons (Fsp3) is 0. The maximum atomic E-state index is 5.98. The van der Waals surface area contributed by atoms with Crippen LogP contribution in [0.25, 0.3) is 0 Å². The molecule has 0 unspecified atom stereocenters. The number of hydrogen-bond acceptors (Lipinski definition) is 3. The normalized spacial score (nSPS) is 10.7. The first-order valence-electron chi connectivity index (χ1n) is 5.05. The van der Waals surface area contributed by atoms with Gasteiger partial charge in [-0.3, -0.25) is 0 Å². The van der Waals surface area contributed by atoms with Gasteiger partial charge in [0.1, 0.15) is 0 Å². The van der Waals surface area contributed by atoms with Crippen LogP contribution in [0.3, 0.4) is 0 Å². The Bertz CT molecular complexity index is 544. The maximum absolute atomic E-state index is 5.98. The largest absolute Gasteiger partial charge is 0.396 e. The summed E-state index contributed by atoms with van der Waals surface area (Å²) in [7, 11) is 0. The van der Waals surface area contributed by atoms with Crippen LogP contribution < -0.4 is 11.5 Å². The van der Waals surface area contributed by atoms with Crippen LogP contribution in [0.4, 0.5) is 11.4 Å². The Hall–Kier alpha value is -0.450. The predicted octanol–water partition coefficient (Wildman–Crippen LogP) is 5.62. The molecule has 0 amide bonds. The first-order chi connectivity index (χ1) is 8.88. The van der Waals surface area contributed by atoms with Crippen LogP contribution in [0.2, 0.25) is 20.1 Å². The summed E-state index contributed by atoms with van der Waals surface area (Å²) >= 11 is 25.3. The van der Waals surface area contributed by atoms with Crippen LogP contribution in [0.5, 0.6) is 0 Å². The number of nitrogens with two attached hydrogens (primary N) is 2. The molecule has 2 aromatic rings. The van der Waals surface area contributed by atoms with Crippen molar-refractivity contribution in [3.05, 3.63) is 44.4 Å². The molecule has 2 aromatic carbocycles. The average molecular weight is 354 g/mol. The molecule has 19 heavy (non-hydrogen) atoms. The van der Waals surface area contributed by atoms with Gasteiger partial charge in [0.2, 0.25) is 0 Å². The number of hydrogen-bond donors (Lipinski definition) is 2. The van der Waals surface area contributed by atoms with Crippen molar-refractivity contribution < 1.29 is 0 Å². The first kappa shape index (κ1) is 14.9. The number of benzene rings is 2. The molecule has 0 aliphatic rings. The lowest BCUT2D eigenvalue weighted by Crippen LogP contribution is -1.89. The first-order valence-corrected chi connectivity index (χ1v) is 7.38. The molecule has 100 valence electrons. The minimum Gasteiger partial charge on any atom is -0.396 e. The molecule has 0 heterocycles. The van der Waals surface area contributed by atoms with Gasteiger partial charge in [0.15, 0.2) is 0 Å². The van der Waals surface area contributed by atoms with Gasteiger partial charge in [-0.25, -0.2) is 0 Å². The number of anilines is 2. The molecule has 0 fully saturated rings. The Morgan fingerprint density at radius 2 is 0.895 bits per heavy atom. The molecule has 0 radical (unpaired) electrons. The third-order valence-electron chi connectivity index (χ3n) is 2.34. The molecule has 4 N–H and O–H groups in total. The van der Waals surface area contributed by atoms with E-state index in [1.54, 1.807) is 24.3 Å². The Kier molecular flexibility index (Phi) is 4.64. The fourth-order valence-electron chi connectivity index (χ4n) is 1.38. The quantitative estimate of drug-likeness (QED) is 0.689. The summed E-state index contributed by atoms with van der Waals surface area (Å²) in [6.07, 6.45) is 0. The van der Waals surface area contributed by atoms with Crippen molar-refractivity contribution in [3.8, 4) is 0 Å². The Morgan fingerprint density at radius 1 is 0.632 bits per heavy atom. The standard InChI is InChI=1S/C12H8Cl4N2S/c13-7-1-5(2-8(14)11(7)17)19-6-3-9(15)12(18)10(16)4-6/h1-4H,17-18H2. The molecular formula is C12H8Cl4N2S. The highest BCUT2D eigenvalue weighted by Crippen LogP contribution is 2.39. The summed E-state index contributed by atoms with van der Waals surface area (Å²) in [5.41, 5.74) is 12.1. The molecule has 0 aromatic heterocycles. The van der Waals surface area contributed by atoms with Crippen LogP contribution in [0.15, 0.2) is 34.1 Å². The van der Waals surface area contributed by atoms with Crippen LogP contribution >= 0.6 is 58.2 Å². The zero-order valence-corrected chi connectivity index (χ0v) is 13.2. The molecule has 0 aliphatic heterocycles. The van der Waals surface area contributed by atoms with Crippen LogP contribution in [-0.4, -0.2) is 0 Å². The topological polar surface area (TPSA) is 52.0 Å². The molecule has 7 heteroatoms. The minimum absolute atomic E-state index is 0.362. The van der Waals surface area contributed by atoms with E-state index in [1.165, 1.54) is 11.8 Å². The molecule has 2 nitrogen and oxygen atoms in total. The van der Waals surface area contributed by atoms with E-state index in [2.05, 4.69) is 0 Å². The van der Waals surface area contributed by atoms with Gasteiger partial charge in [0.05, 0.1) is 31.5 Å². The van der Waals surface area contributed by atoms with Crippen LogP contribution in [0, 0.1) is 0 Å². The molecule has 0 saturated carbocycles. The van der Waals surface area contributed by atoms with Gasteiger partial charge in [0.25, 0.3) is 0 Å². The van der Waals surface area contributed by atoms with Gasteiger partial charge in [-0.2, -0.15) is 0 Å². The van der Waals surface area contributed by atoms with E-state index < -0.39 is 0 Å². The van der Waals surface area contributed by atoms with Crippen LogP contribution in [-0.2, 0) is 0 Å². The molecule has 0 bridgehead atoms. The highest BCUT2D eigenvalue weighted by molar-refractivity contribution is 7.99. The summed E-state index contributed by atoms with van der Waals surface area (Å²) in [5.74, 6) is 0. The molecule has 0 atom stereocenters. The molecule has 0 saturated heterocycles. The van der Waals surface area contributed by atoms with E-state index in [0.29, 0.717) is 31.5 Å². The Morgan fingerprint density at radius 3 is 1.16 bits per heavy atom. The second kappa shape index (κ2) is 5.90. The van der Waals surface area contributed by atoms with Crippen molar-refractivity contribution in [1.82, 2.24) is 0 Å². The van der Waals surface area contributed by atoms with Crippen molar-refractivity contribution in [1.29, 1.82) is 0 Å². The maximum Gasteiger partial charge on any atom is 0.0693 e. The Labute approximate surface area is 135 Å². The van der Waals surface area contributed by atoms with E-state index in [4.69, 9.17) is 57.9 Å². The second-order valence-electron chi connectivity index (χ2n) is 3.70. The minimum atomic E-state index is 0.362. The zero-order valence-electron chi connectivity index (χ0n) is 9.38. The van der Waals surface area contributed by atoms with Crippen molar-refractivity contribution in [2.45, 2.75) is 9.79 Å². The monoisotopic (exact) mass is 352 g/mol. The summed E-state index contributed by atoms with van der Waals surface area (Å²) < 4.78 is 0. The van der Waals surface area contributed by atoms with Crippen molar-refractivity contribution in [2.75, 3.05) is 11.5 Å². The third kappa shape index (κ3) is 3.36. The third-order valence-corrected chi connectivity index (χ3v) is 4.53. The lowest BCUT2D eigenvalue weighted by molar-refractivity contribution is 1.41. The lowest BCUT2D eigenvalue weighted by atomic mass is 10.3. The summed E-state index contributed by atoms with van der Waals surface area (Å²) in [6.45, 7) is 0. The van der Waals surface area contributed by atoms with Gasteiger partial charge in [0, 0.05) is 9.79 Å². The molecule has 2 rings (SSSR count). The molecular weight excluding hydrogens is 346 g/mol. The summed E-state index contributed by atoms with van der Waals surface area (Å²) in [5, 5.41) is 1.62. The zero-order chi connectivity index (χ0) is 14.2. The van der Waals surface area contributed by atoms with Gasteiger partial charge in [-0.05, 0) is 24.3 Å². The highest BCUT2D eigenvalue weighted by Gasteiger charge is 2.09. The second-order valence-corrected chi connectivity index (χ2v) is 6.48. The van der Waals surface area contributed by atoms with Gasteiger partial charge < -0.3 is 11.5 Å². The van der Waals surface area contributed by atoms with Crippen LogP contribution in [0.1, 0.15) is 0 Å². The summed E-state index contributed by atoms with van der Waals surface area (Å²) in [4.78, 5) is 1.67. The van der Waals surface area contributed by atoms with Crippen molar-refractivity contribution in [2.24, 2.45) is 0 Å². The fourth-order valence-corrected chi connectivity index (χ4v) is 3.59. The highest BCUT2D eigenvalue weighted by atomic mass is 35.5. The Balaban J connectivity index is 2.36. The summed E-state index contributed by atoms with van der Waals surface area (Å²) in [6, 6.07) is 6.91. The SMILES string of the molecule is Nc1c(Cl)cc(Sc2cc(Cl)c(N)c(Cl)c2)cc1Cl. The van der Waals surface area contributed by atoms with E-state index in [1.807, 2.05) is 0 Å². The predicted molar refractivity (Wildman–Crippen MR) is 85.9 cm³/mol. The smallest absolute Gasteiger partial charge is 0.0693 e. The van der Waals surface area contributed by atoms with Gasteiger partial charge in [-0.15, -0.1) is 0 Å². The average Bonchev–Trinajstić information content (AvgIpc) is 2.33.